The number of amides is 1. The number of rotatable bonds is 9. The molecule has 17 heavy (non-hydrogen) atoms. The van der Waals surface area contributed by atoms with Crippen LogP contribution in [0.3, 0.4) is 0 Å². The van der Waals surface area contributed by atoms with E-state index in [9.17, 15) is 14.2 Å². The summed E-state index contributed by atoms with van der Waals surface area (Å²) in [6, 6.07) is 0. The van der Waals surface area contributed by atoms with Crippen LogP contribution in [0.25, 0.3) is 0 Å². The van der Waals surface area contributed by atoms with Crippen LogP contribution in [0.4, 0.5) is 0 Å². The molecule has 0 aromatic rings. The second-order valence-corrected chi connectivity index (χ2v) is 6.72. The van der Waals surface area contributed by atoms with Crippen LogP contribution in [0, 0.1) is 5.92 Å². The highest BCUT2D eigenvalue weighted by atomic mass is 31.2. The number of carboxylic acid groups (broad SMARTS) is 1. The molecule has 1 amide bonds. The molecule has 2 unspecified atom stereocenters. The molecule has 0 aromatic carbocycles. The van der Waals surface area contributed by atoms with Crippen molar-refractivity contribution in [3.05, 3.63) is 0 Å². The summed E-state index contributed by atoms with van der Waals surface area (Å²) >= 11 is 0. The van der Waals surface area contributed by atoms with Crippen molar-refractivity contribution >= 4 is 19.2 Å². The average molecular weight is 265 g/mol. The molecule has 6 nitrogen and oxygen atoms in total. The molecule has 0 aliphatic carbocycles. The SMILES string of the molecule is CCOP(C)(=O)CCC(CCC(N)=O)C(=O)O. The molecule has 0 aliphatic heterocycles. The van der Waals surface area contributed by atoms with E-state index in [0.717, 1.165) is 0 Å². The number of carbonyl (C=O) groups is 2. The normalized spacial score (nSPS) is 16.1. The molecule has 0 saturated carbocycles. The van der Waals surface area contributed by atoms with Crippen molar-refractivity contribution in [2.24, 2.45) is 11.7 Å². The molecule has 0 spiro atoms. The zero-order chi connectivity index (χ0) is 13.5. The Bertz CT molecular complexity index is 318. The standard InChI is InChI=1S/C10H20NO5P/c1-3-16-17(2,15)7-6-8(10(13)14)4-5-9(11)12/h8H,3-7H2,1-2H3,(H2,11,12)(H,13,14). The van der Waals surface area contributed by atoms with Crippen molar-refractivity contribution in [2.75, 3.05) is 19.4 Å². The number of nitrogens with two attached hydrogens (primary N) is 1. The van der Waals surface area contributed by atoms with E-state index in [1.807, 2.05) is 0 Å². The Kier molecular flexibility index (Phi) is 7.07. The Morgan fingerprint density at radius 2 is 2.00 bits per heavy atom. The molecule has 0 fully saturated rings. The smallest absolute Gasteiger partial charge is 0.306 e. The molecular weight excluding hydrogens is 245 g/mol. The van der Waals surface area contributed by atoms with Crippen LogP contribution in [0.1, 0.15) is 26.2 Å². The molecule has 0 bridgehead atoms. The highest BCUT2D eigenvalue weighted by molar-refractivity contribution is 7.58. The number of aliphatic carboxylic acids is 1. The van der Waals surface area contributed by atoms with Crippen LogP contribution >= 0.6 is 7.37 Å². The molecule has 3 N–H and O–H groups in total. The first-order chi connectivity index (χ1) is 7.78. The van der Waals surface area contributed by atoms with Gasteiger partial charge in [-0.1, -0.05) is 0 Å². The third-order valence-electron chi connectivity index (χ3n) is 2.37. The maximum Gasteiger partial charge on any atom is 0.306 e. The lowest BCUT2D eigenvalue weighted by molar-refractivity contribution is -0.142. The van der Waals surface area contributed by atoms with Gasteiger partial charge >= 0.3 is 5.97 Å². The van der Waals surface area contributed by atoms with Gasteiger partial charge in [-0.25, -0.2) is 0 Å². The van der Waals surface area contributed by atoms with Crippen LogP contribution in [-0.2, 0) is 18.7 Å². The average Bonchev–Trinajstić information content (AvgIpc) is 2.16. The predicted octanol–water partition coefficient (Wildman–Crippen LogP) is 1.29. The largest absolute Gasteiger partial charge is 0.481 e. The fourth-order valence-electron chi connectivity index (χ4n) is 1.44. The zero-order valence-electron chi connectivity index (χ0n) is 10.2. The van der Waals surface area contributed by atoms with Crippen molar-refractivity contribution in [1.29, 1.82) is 0 Å². The first-order valence-corrected chi connectivity index (χ1v) is 7.76. The van der Waals surface area contributed by atoms with Gasteiger partial charge in [-0.05, 0) is 19.8 Å². The summed E-state index contributed by atoms with van der Waals surface area (Å²) in [7, 11) is -2.71. The molecular formula is C10H20NO5P. The molecule has 0 heterocycles. The summed E-state index contributed by atoms with van der Waals surface area (Å²) in [6.45, 7) is 3.56. The summed E-state index contributed by atoms with van der Waals surface area (Å²) in [5.74, 6) is -2.22. The van der Waals surface area contributed by atoms with Gasteiger partial charge in [0.25, 0.3) is 0 Å². The predicted molar refractivity (Wildman–Crippen MR) is 64.2 cm³/mol. The Morgan fingerprint density at radius 3 is 2.41 bits per heavy atom. The van der Waals surface area contributed by atoms with Crippen LogP contribution in [-0.4, -0.2) is 36.4 Å². The monoisotopic (exact) mass is 265 g/mol. The fraction of sp³-hybridized carbons (Fsp3) is 0.800. The van der Waals surface area contributed by atoms with E-state index < -0.39 is 25.2 Å². The van der Waals surface area contributed by atoms with Gasteiger partial charge in [-0.3, -0.25) is 14.2 Å². The summed E-state index contributed by atoms with van der Waals surface area (Å²) in [6.07, 6.45) is 0.642. The van der Waals surface area contributed by atoms with E-state index in [2.05, 4.69) is 0 Å². The maximum atomic E-state index is 11.8. The van der Waals surface area contributed by atoms with Crippen molar-refractivity contribution in [1.82, 2.24) is 0 Å². The molecule has 0 aliphatic rings. The number of primary amides is 1. The molecule has 0 saturated heterocycles. The third kappa shape index (κ3) is 7.94. The van der Waals surface area contributed by atoms with Crippen LogP contribution in [0.2, 0.25) is 0 Å². The van der Waals surface area contributed by atoms with Gasteiger partial charge < -0.3 is 15.4 Å². The lowest BCUT2D eigenvalue weighted by Gasteiger charge is -2.15. The minimum Gasteiger partial charge on any atom is -0.481 e. The van der Waals surface area contributed by atoms with E-state index in [-0.39, 0.29) is 25.4 Å². The highest BCUT2D eigenvalue weighted by Gasteiger charge is 2.23. The van der Waals surface area contributed by atoms with E-state index >= 15 is 0 Å². The van der Waals surface area contributed by atoms with Gasteiger partial charge in [-0.15, -0.1) is 0 Å². The Balaban J connectivity index is 4.22. The molecule has 0 radical (unpaired) electrons. The van der Waals surface area contributed by atoms with Crippen molar-refractivity contribution in [2.45, 2.75) is 26.2 Å². The topological polar surface area (TPSA) is 107 Å². The van der Waals surface area contributed by atoms with Gasteiger partial charge in [0.05, 0.1) is 12.5 Å². The van der Waals surface area contributed by atoms with Gasteiger partial charge in [0.15, 0.2) is 7.37 Å². The lowest BCUT2D eigenvalue weighted by Crippen LogP contribution is -2.19. The quantitative estimate of drug-likeness (QED) is 0.611. The first kappa shape index (κ1) is 16.1. The second-order valence-electron chi connectivity index (χ2n) is 3.98. The second kappa shape index (κ2) is 7.45. The van der Waals surface area contributed by atoms with Crippen molar-refractivity contribution in [3.63, 3.8) is 0 Å². The Hall–Kier alpha value is -0.870. The van der Waals surface area contributed by atoms with Crippen molar-refractivity contribution in [3.8, 4) is 0 Å². The number of carboxylic acids is 1. The number of hydrogen-bond donors (Lipinski definition) is 2. The Morgan fingerprint density at radius 1 is 1.41 bits per heavy atom. The van der Waals surface area contributed by atoms with Gasteiger partial charge in [0, 0.05) is 19.2 Å². The summed E-state index contributed by atoms with van der Waals surface area (Å²) < 4.78 is 16.8. The van der Waals surface area contributed by atoms with Crippen molar-refractivity contribution < 1.29 is 23.8 Å². The minimum absolute atomic E-state index is 0.0274. The fourth-order valence-corrected chi connectivity index (χ4v) is 2.89. The Labute approximate surface area is 101 Å². The van der Waals surface area contributed by atoms with E-state index in [1.54, 1.807) is 6.92 Å². The molecule has 100 valence electrons. The minimum atomic E-state index is -2.71. The molecule has 0 rings (SSSR count). The van der Waals surface area contributed by atoms with E-state index in [1.165, 1.54) is 6.66 Å². The van der Waals surface area contributed by atoms with E-state index in [0.29, 0.717) is 6.61 Å². The molecule has 0 aromatic heterocycles. The lowest BCUT2D eigenvalue weighted by atomic mass is 10.0. The van der Waals surface area contributed by atoms with Crippen LogP contribution in [0.15, 0.2) is 0 Å². The highest BCUT2D eigenvalue weighted by Crippen LogP contribution is 2.43. The van der Waals surface area contributed by atoms with E-state index in [4.69, 9.17) is 15.4 Å². The first-order valence-electron chi connectivity index (χ1n) is 5.50. The molecule has 2 atom stereocenters. The van der Waals surface area contributed by atoms with Crippen LogP contribution < -0.4 is 5.73 Å². The van der Waals surface area contributed by atoms with Gasteiger partial charge in [0.1, 0.15) is 0 Å². The summed E-state index contributed by atoms with van der Waals surface area (Å²) in [5.41, 5.74) is 4.96. The van der Waals surface area contributed by atoms with Gasteiger partial charge in [0.2, 0.25) is 5.91 Å². The van der Waals surface area contributed by atoms with Crippen LogP contribution in [0.5, 0.6) is 0 Å². The summed E-state index contributed by atoms with van der Waals surface area (Å²) in [5, 5.41) is 8.93. The third-order valence-corrected chi connectivity index (χ3v) is 4.25. The zero-order valence-corrected chi connectivity index (χ0v) is 11.1. The molecule has 7 heteroatoms. The number of hydrogen-bond acceptors (Lipinski definition) is 4. The van der Waals surface area contributed by atoms with Gasteiger partial charge in [-0.2, -0.15) is 0 Å². The summed E-state index contributed by atoms with van der Waals surface area (Å²) in [4.78, 5) is 21.5. The number of carbonyl (C=O) groups excluding carboxylic acids is 1. The maximum absolute atomic E-state index is 11.8.